The second-order valence-electron chi connectivity index (χ2n) is 10.9. The second-order valence-corrected chi connectivity index (χ2v) is 12.2. The molecule has 0 aromatic carbocycles. The third-order valence-electron chi connectivity index (χ3n) is 6.55. The molecular formula is C29H57O8P. The molecule has 0 radical (unpaired) electrons. The number of rotatable bonds is 27. The van der Waals surface area contributed by atoms with Crippen molar-refractivity contribution in [1.29, 1.82) is 0 Å². The lowest BCUT2D eigenvalue weighted by Gasteiger charge is -2.18. The second kappa shape index (κ2) is 25.0. The van der Waals surface area contributed by atoms with E-state index in [0.717, 1.165) is 57.3 Å². The molecular weight excluding hydrogens is 507 g/mol. The van der Waals surface area contributed by atoms with Crippen LogP contribution in [0.5, 0.6) is 0 Å². The lowest BCUT2D eigenvalue weighted by atomic mass is 10.0. The minimum Gasteiger partial charge on any atom is -0.462 e. The van der Waals surface area contributed by atoms with Crippen molar-refractivity contribution >= 4 is 19.8 Å². The summed E-state index contributed by atoms with van der Waals surface area (Å²) in [6.07, 6.45) is 20.2. The van der Waals surface area contributed by atoms with Gasteiger partial charge < -0.3 is 19.3 Å². The van der Waals surface area contributed by atoms with Crippen molar-refractivity contribution in [3.63, 3.8) is 0 Å². The molecule has 0 fully saturated rings. The van der Waals surface area contributed by atoms with Crippen LogP contribution in [-0.4, -0.2) is 41.0 Å². The zero-order valence-electron chi connectivity index (χ0n) is 24.5. The van der Waals surface area contributed by atoms with Crippen LogP contribution in [0.25, 0.3) is 0 Å². The molecule has 0 heterocycles. The summed E-state index contributed by atoms with van der Waals surface area (Å²) in [5.74, 6) is -0.0764. The topological polar surface area (TPSA) is 119 Å². The van der Waals surface area contributed by atoms with Gasteiger partial charge in [-0.2, -0.15) is 0 Å². The Bertz CT molecular complexity index is 620. The van der Waals surface area contributed by atoms with Gasteiger partial charge in [-0.05, 0) is 18.8 Å². The highest BCUT2D eigenvalue weighted by Gasteiger charge is 2.22. The Morgan fingerprint density at radius 2 is 1.11 bits per heavy atom. The molecule has 2 N–H and O–H groups in total. The van der Waals surface area contributed by atoms with Crippen LogP contribution in [0.1, 0.15) is 149 Å². The summed E-state index contributed by atoms with van der Waals surface area (Å²) in [5.41, 5.74) is 0. The molecule has 0 aromatic heterocycles. The van der Waals surface area contributed by atoms with Crippen LogP contribution in [0.3, 0.4) is 0 Å². The molecule has 0 rings (SSSR count). The SMILES string of the molecule is CCCCCCCC(=O)OC[C@H](COP(=O)(O)O)OC(=O)CCCCCCCCCCCCCCC(C)C. The molecule has 0 unspecified atom stereocenters. The van der Waals surface area contributed by atoms with Crippen molar-refractivity contribution in [3.05, 3.63) is 0 Å². The Morgan fingerprint density at radius 1 is 0.658 bits per heavy atom. The summed E-state index contributed by atoms with van der Waals surface area (Å²) in [5, 5.41) is 0. The largest absolute Gasteiger partial charge is 0.469 e. The van der Waals surface area contributed by atoms with Crippen molar-refractivity contribution in [2.24, 2.45) is 5.92 Å². The van der Waals surface area contributed by atoms with Gasteiger partial charge in [-0.25, -0.2) is 4.57 Å². The van der Waals surface area contributed by atoms with Crippen LogP contribution in [0.4, 0.5) is 0 Å². The van der Waals surface area contributed by atoms with E-state index in [0.29, 0.717) is 6.42 Å². The molecule has 0 saturated heterocycles. The first-order valence-electron chi connectivity index (χ1n) is 15.2. The molecule has 0 aromatic rings. The van der Waals surface area contributed by atoms with E-state index in [4.69, 9.17) is 19.3 Å². The molecule has 226 valence electrons. The van der Waals surface area contributed by atoms with E-state index < -0.39 is 32.5 Å². The minimum absolute atomic E-state index is 0.217. The Kier molecular flexibility index (Phi) is 24.4. The summed E-state index contributed by atoms with van der Waals surface area (Å²) in [4.78, 5) is 42.1. The highest BCUT2D eigenvalue weighted by atomic mass is 31.2. The fourth-order valence-corrected chi connectivity index (χ4v) is 4.62. The molecule has 0 aliphatic carbocycles. The molecule has 1 atom stereocenters. The number of hydrogen-bond acceptors (Lipinski definition) is 6. The van der Waals surface area contributed by atoms with Gasteiger partial charge in [0.05, 0.1) is 6.61 Å². The van der Waals surface area contributed by atoms with Crippen molar-refractivity contribution in [2.75, 3.05) is 13.2 Å². The number of phosphoric ester groups is 1. The van der Waals surface area contributed by atoms with E-state index in [9.17, 15) is 14.2 Å². The van der Waals surface area contributed by atoms with E-state index in [-0.39, 0.29) is 19.4 Å². The van der Waals surface area contributed by atoms with Crippen molar-refractivity contribution in [2.45, 2.75) is 155 Å². The van der Waals surface area contributed by atoms with Gasteiger partial charge in [0.25, 0.3) is 0 Å². The molecule has 8 nitrogen and oxygen atoms in total. The number of ether oxygens (including phenoxy) is 2. The Balaban J connectivity index is 3.94. The van der Waals surface area contributed by atoms with E-state index in [2.05, 4.69) is 25.3 Å². The molecule has 0 spiro atoms. The Hall–Kier alpha value is -0.950. The summed E-state index contributed by atoms with van der Waals surface area (Å²) in [6.45, 7) is 5.88. The first kappa shape index (κ1) is 37.0. The number of hydrogen-bond donors (Lipinski definition) is 2. The molecule has 38 heavy (non-hydrogen) atoms. The van der Waals surface area contributed by atoms with Gasteiger partial charge in [-0.15, -0.1) is 0 Å². The summed E-state index contributed by atoms with van der Waals surface area (Å²) in [7, 11) is -4.73. The summed E-state index contributed by atoms with van der Waals surface area (Å²) in [6, 6.07) is 0. The predicted octanol–water partition coefficient (Wildman–Crippen LogP) is 8.03. The van der Waals surface area contributed by atoms with Crippen LogP contribution in [0, 0.1) is 5.92 Å². The van der Waals surface area contributed by atoms with E-state index >= 15 is 0 Å². The fraction of sp³-hybridized carbons (Fsp3) is 0.931. The molecule has 0 aliphatic rings. The van der Waals surface area contributed by atoms with Crippen LogP contribution >= 0.6 is 7.82 Å². The van der Waals surface area contributed by atoms with Crippen molar-refractivity contribution in [3.8, 4) is 0 Å². The number of carbonyl (C=O) groups is 2. The predicted molar refractivity (Wildman–Crippen MR) is 152 cm³/mol. The van der Waals surface area contributed by atoms with E-state index in [1.165, 1.54) is 57.8 Å². The lowest BCUT2D eigenvalue weighted by Crippen LogP contribution is -2.29. The van der Waals surface area contributed by atoms with Crippen LogP contribution in [0.15, 0.2) is 0 Å². The van der Waals surface area contributed by atoms with Gasteiger partial charge in [-0.3, -0.25) is 14.1 Å². The summed E-state index contributed by atoms with van der Waals surface area (Å²) >= 11 is 0. The average Bonchev–Trinajstić information content (AvgIpc) is 2.85. The van der Waals surface area contributed by atoms with Gasteiger partial charge in [0.15, 0.2) is 6.10 Å². The van der Waals surface area contributed by atoms with Gasteiger partial charge >= 0.3 is 19.8 Å². The third-order valence-corrected chi connectivity index (χ3v) is 7.04. The first-order chi connectivity index (χ1) is 18.1. The fourth-order valence-electron chi connectivity index (χ4n) is 4.26. The molecule has 0 amide bonds. The average molecular weight is 565 g/mol. The van der Waals surface area contributed by atoms with Crippen LogP contribution in [-0.2, 0) is 28.2 Å². The Labute approximate surface area is 232 Å². The smallest absolute Gasteiger partial charge is 0.462 e. The zero-order valence-corrected chi connectivity index (χ0v) is 25.4. The maximum atomic E-state index is 12.2. The minimum atomic E-state index is -4.73. The van der Waals surface area contributed by atoms with Crippen molar-refractivity contribution in [1.82, 2.24) is 0 Å². The van der Waals surface area contributed by atoms with E-state index in [1.807, 2.05) is 0 Å². The number of carbonyl (C=O) groups excluding carboxylic acids is 2. The van der Waals surface area contributed by atoms with Gasteiger partial charge in [-0.1, -0.05) is 124 Å². The zero-order chi connectivity index (χ0) is 28.5. The third kappa shape index (κ3) is 28.1. The standard InChI is InChI=1S/C29H57O8P/c1-4-5-6-15-19-22-28(30)35-24-27(25-36-38(32,33)34)37-29(31)23-20-17-14-12-10-8-7-9-11-13-16-18-21-26(2)3/h26-27H,4-25H2,1-3H3,(H2,32,33,34)/t27-/m1/s1. The molecule has 0 aliphatic heterocycles. The Morgan fingerprint density at radius 3 is 1.58 bits per heavy atom. The lowest BCUT2D eigenvalue weighted by molar-refractivity contribution is -0.161. The maximum Gasteiger partial charge on any atom is 0.469 e. The molecule has 0 saturated carbocycles. The van der Waals surface area contributed by atoms with Gasteiger partial charge in [0.1, 0.15) is 6.61 Å². The first-order valence-corrected chi connectivity index (χ1v) is 16.7. The van der Waals surface area contributed by atoms with Crippen molar-refractivity contribution < 1.29 is 37.9 Å². The van der Waals surface area contributed by atoms with Crippen LogP contribution in [0.2, 0.25) is 0 Å². The highest BCUT2D eigenvalue weighted by molar-refractivity contribution is 7.46. The maximum absolute atomic E-state index is 12.2. The van der Waals surface area contributed by atoms with E-state index in [1.54, 1.807) is 0 Å². The summed E-state index contributed by atoms with van der Waals surface area (Å²) < 4.78 is 26.0. The highest BCUT2D eigenvalue weighted by Crippen LogP contribution is 2.35. The monoisotopic (exact) mass is 564 g/mol. The molecule has 9 heteroatoms. The number of unbranched alkanes of at least 4 members (excludes halogenated alkanes) is 15. The van der Waals surface area contributed by atoms with Gasteiger partial charge in [0.2, 0.25) is 0 Å². The van der Waals surface area contributed by atoms with Crippen LogP contribution < -0.4 is 0 Å². The number of phosphoric acid groups is 1. The number of esters is 2. The quantitative estimate of drug-likeness (QED) is 0.0584. The molecule has 0 bridgehead atoms. The van der Waals surface area contributed by atoms with Gasteiger partial charge in [0, 0.05) is 12.8 Å². The normalized spacial score (nSPS) is 12.6.